The molecule has 0 spiro atoms. The summed E-state index contributed by atoms with van der Waals surface area (Å²) in [7, 11) is 3.79. The van der Waals surface area contributed by atoms with Crippen molar-refractivity contribution in [2.45, 2.75) is 19.3 Å². The number of nitriles is 1. The normalized spacial score (nSPS) is 14.4. The Morgan fingerprint density at radius 1 is 1.42 bits per heavy atom. The Bertz CT molecular complexity index is 519. The second-order valence-electron chi connectivity index (χ2n) is 5.06. The molecule has 100 valence electrons. The SMILES string of the molecule is CN(CC#N)CCc1ccc2c(c1)CCC(=O)N2C. The van der Waals surface area contributed by atoms with Crippen LogP contribution in [0.5, 0.6) is 0 Å². The van der Waals surface area contributed by atoms with Crippen LogP contribution < -0.4 is 4.90 Å². The van der Waals surface area contributed by atoms with Crippen LogP contribution in [-0.4, -0.2) is 38.0 Å². The summed E-state index contributed by atoms with van der Waals surface area (Å²) in [6.45, 7) is 1.34. The van der Waals surface area contributed by atoms with Crippen molar-refractivity contribution in [3.63, 3.8) is 0 Å². The van der Waals surface area contributed by atoms with Gasteiger partial charge in [0.2, 0.25) is 5.91 Å². The first-order valence-electron chi connectivity index (χ1n) is 6.55. The number of hydrogen-bond acceptors (Lipinski definition) is 3. The lowest BCUT2D eigenvalue weighted by molar-refractivity contribution is -0.118. The van der Waals surface area contributed by atoms with E-state index in [1.807, 2.05) is 25.1 Å². The molecule has 0 saturated carbocycles. The molecule has 0 fully saturated rings. The summed E-state index contributed by atoms with van der Waals surface area (Å²) in [5.74, 6) is 0.189. The van der Waals surface area contributed by atoms with E-state index in [0.717, 1.165) is 25.1 Å². The predicted molar refractivity (Wildman–Crippen MR) is 75.0 cm³/mol. The molecule has 1 aliphatic rings. The molecule has 1 aliphatic heterocycles. The highest BCUT2D eigenvalue weighted by Crippen LogP contribution is 2.27. The topological polar surface area (TPSA) is 47.3 Å². The van der Waals surface area contributed by atoms with Crippen molar-refractivity contribution < 1.29 is 4.79 Å². The Hall–Kier alpha value is -1.86. The van der Waals surface area contributed by atoms with Crippen LogP contribution in [0, 0.1) is 11.3 Å². The number of likely N-dealkylation sites (N-methyl/N-ethyl adjacent to an activating group) is 1. The van der Waals surface area contributed by atoms with Gasteiger partial charge in [-0.05, 0) is 37.1 Å². The van der Waals surface area contributed by atoms with Crippen LogP contribution in [0.3, 0.4) is 0 Å². The molecule has 0 bridgehead atoms. The average molecular weight is 257 g/mol. The van der Waals surface area contributed by atoms with Crippen LogP contribution in [0.4, 0.5) is 5.69 Å². The van der Waals surface area contributed by atoms with E-state index in [4.69, 9.17) is 5.26 Å². The van der Waals surface area contributed by atoms with Gasteiger partial charge in [-0.25, -0.2) is 0 Å². The van der Waals surface area contributed by atoms with E-state index < -0.39 is 0 Å². The van der Waals surface area contributed by atoms with Gasteiger partial charge < -0.3 is 4.90 Å². The molecule has 4 nitrogen and oxygen atoms in total. The van der Waals surface area contributed by atoms with Gasteiger partial charge >= 0.3 is 0 Å². The summed E-state index contributed by atoms with van der Waals surface area (Å²) < 4.78 is 0. The molecule has 0 N–H and O–H groups in total. The molecule has 1 aromatic carbocycles. The minimum absolute atomic E-state index is 0.189. The molecule has 0 saturated heterocycles. The van der Waals surface area contributed by atoms with Crippen LogP contribution in [0.15, 0.2) is 18.2 Å². The van der Waals surface area contributed by atoms with Gasteiger partial charge in [0.1, 0.15) is 0 Å². The maximum absolute atomic E-state index is 11.6. The first kappa shape index (κ1) is 13.6. The Labute approximate surface area is 114 Å². The van der Waals surface area contributed by atoms with E-state index >= 15 is 0 Å². The predicted octanol–water partition coefficient (Wildman–Crippen LogP) is 1.59. The Kier molecular flexibility index (Phi) is 4.18. The van der Waals surface area contributed by atoms with Gasteiger partial charge in [0.05, 0.1) is 12.6 Å². The number of nitrogens with zero attached hydrogens (tertiary/aromatic N) is 3. The van der Waals surface area contributed by atoms with Gasteiger partial charge in [0, 0.05) is 25.7 Å². The molecule has 4 heteroatoms. The average Bonchev–Trinajstić information content (AvgIpc) is 2.41. The molecule has 0 unspecified atom stereocenters. The smallest absolute Gasteiger partial charge is 0.227 e. The molecule has 0 aromatic heterocycles. The van der Waals surface area contributed by atoms with E-state index in [1.165, 1.54) is 11.1 Å². The van der Waals surface area contributed by atoms with Crippen LogP contribution in [0.1, 0.15) is 17.5 Å². The van der Waals surface area contributed by atoms with Crippen molar-refractivity contribution in [3.05, 3.63) is 29.3 Å². The quantitative estimate of drug-likeness (QED) is 0.770. The number of hydrogen-bond donors (Lipinski definition) is 0. The zero-order valence-corrected chi connectivity index (χ0v) is 11.5. The highest BCUT2D eigenvalue weighted by molar-refractivity contribution is 5.95. The van der Waals surface area contributed by atoms with E-state index in [2.05, 4.69) is 18.2 Å². The molecule has 0 atom stereocenters. The zero-order chi connectivity index (χ0) is 13.8. The number of aryl methyl sites for hydroxylation is 1. The van der Waals surface area contributed by atoms with Crippen molar-refractivity contribution in [1.29, 1.82) is 5.26 Å². The fourth-order valence-electron chi connectivity index (χ4n) is 2.39. The summed E-state index contributed by atoms with van der Waals surface area (Å²) in [5, 5.41) is 8.62. The monoisotopic (exact) mass is 257 g/mol. The minimum Gasteiger partial charge on any atom is -0.315 e. The zero-order valence-electron chi connectivity index (χ0n) is 11.5. The van der Waals surface area contributed by atoms with E-state index in [0.29, 0.717) is 13.0 Å². The summed E-state index contributed by atoms with van der Waals surface area (Å²) in [5.41, 5.74) is 3.55. The number of anilines is 1. The summed E-state index contributed by atoms with van der Waals surface area (Å²) in [6.07, 6.45) is 2.37. The van der Waals surface area contributed by atoms with E-state index in [9.17, 15) is 4.79 Å². The van der Waals surface area contributed by atoms with Gasteiger partial charge in [-0.1, -0.05) is 12.1 Å². The number of benzene rings is 1. The van der Waals surface area contributed by atoms with Crippen LogP contribution in [-0.2, 0) is 17.6 Å². The molecular weight excluding hydrogens is 238 g/mol. The lowest BCUT2D eigenvalue weighted by atomic mass is 9.98. The third-order valence-corrected chi connectivity index (χ3v) is 3.61. The van der Waals surface area contributed by atoms with Crippen LogP contribution >= 0.6 is 0 Å². The molecular formula is C15H19N3O. The molecule has 0 radical (unpaired) electrons. The summed E-state index contributed by atoms with van der Waals surface area (Å²) >= 11 is 0. The highest BCUT2D eigenvalue weighted by Gasteiger charge is 2.20. The number of fused-ring (bicyclic) bond motifs is 1. The van der Waals surface area contributed by atoms with Crippen LogP contribution in [0.25, 0.3) is 0 Å². The fourth-order valence-corrected chi connectivity index (χ4v) is 2.39. The third kappa shape index (κ3) is 3.12. The number of carbonyl (C=O) groups is 1. The largest absolute Gasteiger partial charge is 0.315 e. The van der Waals surface area contributed by atoms with E-state index in [1.54, 1.807) is 4.90 Å². The molecule has 1 aromatic rings. The van der Waals surface area contributed by atoms with Crippen LogP contribution in [0.2, 0.25) is 0 Å². The molecule has 0 aliphatic carbocycles. The number of amides is 1. The van der Waals surface area contributed by atoms with Gasteiger partial charge in [0.25, 0.3) is 0 Å². The second kappa shape index (κ2) is 5.85. The lowest BCUT2D eigenvalue weighted by Gasteiger charge is -2.26. The Morgan fingerprint density at radius 3 is 2.95 bits per heavy atom. The minimum atomic E-state index is 0.189. The van der Waals surface area contributed by atoms with Gasteiger partial charge in [-0.15, -0.1) is 0 Å². The third-order valence-electron chi connectivity index (χ3n) is 3.61. The second-order valence-corrected chi connectivity index (χ2v) is 5.06. The molecule has 1 amide bonds. The Morgan fingerprint density at radius 2 is 2.21 bits per heavy atom. The highest BCUT2D eigenvalue weighted by atomic mass is 16.2. The lowest BCUT2D eigenvalue weighted by Crippen LogP contribution is -2.31. The number of carbonyl (C=O) groups excluding carboxylic acids is 1. The standard InChI is InChI=1S/C15H19N3O/c1-17(10-8-16)9-7-12-3-5-14-13(11-12)4-6-15(19)18(14)2/h3,5,11H,4,6-7,9-10H2,1-2H3. The summed E-state index contributed by atoms with van der Waals surface area (Å²) in [6, 6.07) is 8.45. The van der Waals surface area contributed by atoms with Gasteiger partial charge in [-0.2, -0.15) is 5.26 Å². The Balaban J connectivity index is 2.06. The number of rotatable bonds is 4. The fraction of sp³-hybridized carbons (Fsp3) is 0.467. The first-order valence-corrected chi connectivity index (χ1v) is 6.55. The summed E-state index contributed by atoms with van der Waals surface area (Å²) in [4.78, 5) is 15.4. The molecule has 1 heterocycles. The van der Waals surface area contributed by atoms with Gasteiger partial charge in [0.15, 0.2) is 0 Å². The molecule has 2 rings (SSSR count). The first-order chi connectivity index (χ1) is 9.11. The van der Waals surface area contributed by atoms with Crippen molar-refractivity contribution in [1.82, 2.24) is 4.90 Å². The van der Waals surface area contributed by atoms with Gasteiger partial charge in [-0.3, -0.25) is 9.69 Å². The van der Waals surface area contributed by atoms with Crippen molar-refractivity contribution >= 4 is 11.6 Å². The van der Waals surface area contributed by atoms with Crippen molar-refractivity contribution in [2.24, 2.45) is 0 Å². The maximum Gasteiger partial charge on any atom is 0.227 e. The maximum atomic E-state index is 11.6. The van der Waals surface area contributed by atoms with Crippen molar-refractivity contribution in [3.8, 4) is 6.07 Å². The van der Waals surface area contributed by atoms with E-state index in [-0.39, 0.29) is 5.91 Å². The van der Waals surface area contributed by atoms with Crippen molar-refractivity contribution in [2.75, 3.05) is 32.1 Å². The molecule has 19 heavy (non-hydrogen) atoms.